The minimum atomic E-state index is -0.812. The van der Waals surface area contributed by atoms with Gasteiger partial charge in [0.2, 0.25) is 0 Å². The van der Waals surface area contributed by atoms with Crippen molar-refractivity contribution in [3.63, 3.8) is 0 Å². The fourth-order valence-corrected chi connectivity index (χ4v) is 2.33. The summed E-state index contributed by atoms with van der Waals surface area (Å²) in [6, 6.07) is 5.93. The number of anilines is 1. The molecule has 1 amide bonds. The molecule has 0 radical (unpaired) electrons. The van der Waals surface area contributed by atoms with Crippen molar-refractivity contribution in [1.29, 1.82) is 0 Å². The normalized spacial score (nSPS) is 11.7. The molecule has 0 spiro atoms. The van der Waals surface area contributed by atoms with Crippen LogP contribution in [0.5, 0.6) is 0 Å². The van der Waals surface area contributed by atoms with Gasteiger partial charge in [-0.15, -0.1) is 0 Å². The van der Waals surface area contributed by atoms with Gasteiger partial charge in [0.25, 0.3) is 5.91 Å². The van der Waals surface area contributed by atoms with Crippen LogP contribution in [-0.4, -0.2) is 21.1 Å². The van der Waals surface area contributed by atoms with Crippen molar-refractivity contribution in [3.05, 3.63) is 53.6 Å². The number of benzene rings is 1. The Morgan fingerprint density at radius 3 is 2.83 bits per heavy atom. The van der Waals surface area contributed by atoms with Gasteiger partial charge in [-0.25, -0.2) is 9.37 Å². The van der Waals surface area contributed by atoms with E-state index in [9.17, 15) is 9.18 Å². The lowest BCUT2D eigenvalue weighted by Crippen LogP contribution is -2.30. The van der Waals surface area contributed by atoms with Gasteiger partial charge >= 0.3 is 0 Å². The number of nitrogens with two attached hydrogens (primary N) is 1. The smallest absolute Gasteiger partial charge is 0.255 e. The average molecular weight is 313 g/mol. The molecule has 7 heteroatoms. The second kappa shape index (κ2) is 5.44. The Labute approximate surface area is 131 Å². The zero-order chi connectivity index (χ0) is 16.6. The van der Waals surface area contributed by atoms with Gasteiger partial charge in [0, 0.05) is 22.9 Å². The number of carbonyl (C=O) groups is 1. The Bertz CT molecular complexity index is 882. The molecule has 2 aromatic heterocycles. The SMILES string of the molecule is CC(C)(N)c1ccc(C(=O)Nc2ccnc3[nH]ncc23)cc1F. The Balaban J connectivity index is 1.89. The summed E-state index contributed by atoms with van der Waals surface area (Å²) in [4.78, 5) is 16.4. The van der Waals surface area contributed by atoms with Gasteiger partial charge in [0.1, 0.15) is 5.82 Å². The molecule has 0 fully saturated rings. The zero-order valence-corrected chi connectivity index (χ0v) is 12.7. The molecule has 0 aliphatic heterocycles. The number of pyridine rings is 1. The molecule has 0 saturated carbocycles. The number of hydrogen-bond acceptors (Lipinski definition) is 4. The van der Waals surface area contributed by atoms with E-state index in [1.165, 1.54) is 12.1 Å². The molecule has 0 aliphatic rings. The van der Waals surface area contributed by atoms with Gasteiger partial charge < -0.3 is 11.1 Å². The Morgan fingerprint density at radius 1 is 1.35 bits per heavy atom. The number of rotatable bonds is 3. The lowest BCUT2D eigenvalue weighted by atomic mass is 9.94. The Hall–Kier alpha value is -2.80. The van der Waals surface area contributed by atoms with Crippen LogP contribution in [0.3, 0.4) is 0 Å². The molecular formula is C16H16FN5O. The molecule has 0 aliphatic carbocycles. The maximum absolute atomic E-state index is 14.2. The second-order valence-corrected chi connectivity index (χ2v) is 5.86. The van der Waals surface area contributed by atoms with Gasteiger partial charge in [0.15, 0.2) is 5.65 Å². The van der Waals surface area contributed by atoms with Crippen molar-refractivity contribution in [3.8, 4) is 0 Å². The number of H-pyrrole nitrogens is 1. The highest BCUT2D eigenvalue weighted by Crippen LogP contribution is 2.23. The van der Waals surface area contributed by atoms with Crippen LogP contribution < -0.4 is 11.1 Å². The molecule has 2 heterocycles. The number of hydrogen-bond donors (Lipinski definition) is 3. The van der Waals surface area contributed by atoms with Crippen molar-refractivity contribution in [1.82, 2.24) is 15.2 Å². The summed E-state index contributed by atoms with van der Waals surface area (Å²) in [6.07, 6.45) is 3.12. The maximum Gasteiger partial charge on any atom is 0.255 e. The third-order valence-corrected chi connectivity index (χ3v) is 3.53. The molecule has 3 rings (SSSR count). The topological polar surface area (TPSA) is 96.7 Å². The predicted molar refractivity (Wildman–Crippen MR) is 85.5 cm³/mol. The number of aromatic nitrogens is 3. The number of amides is 1. The number of nitrogens with one attached hydrogen (secondary N) is 2. The van der Waals surface area contributed by atoms with E-state index in [1.54, 1.807) is 38.4 Å². The highest BCUT2D eigenvalue weighted by molar-refractivity contribution is 6.08. The quantitative estimate of drug-likeness (QED) is 0.692. The number of fused-ring (bicyclic) bond motifs is 1. The van der Waals surface area contributed by atoms with E-state index in [1.807, 2.05) is 0 Å². The van der Waals surface area contributed by atoms with Gasteiger partial charge in [-0.2, -0.15) is 5.10 Å². The second-order valence-electron chi connectivity index (χ2n) is 5.86. The predicted octanol–water partition coefficient (Wildman–Crippen LogP) is 2.54. The molecule has 4 N–H and O–H groups in total. The minimum absolute atomic E-state index is 0.212. The number of aromatic amines is 1. The van der Waals surface area contributed by atoms with Crippen LogP contribution in [0.15, 0.2) is 36.7 Å². The summed E-state index contributed by atoms with van der Waals surface area (Å²) in [7, 11) is 0. The molecular weight excluding hydrogens is 297 g/mol. The molecule has 0 atom stereocenters. The van der Waals surface area contributed by atoms with E-state index in [0.29, 0.717) is 22.3 Å². The van der Waals surface area contributed by atoms with Gasteiger partial charge in [0.05, 0.1) is 17.3 Å². The highest BCUT2D eigenvalue weighted by atomic mass is 19.1. The van der Waals surface area contributed by atoms with Crippen molar-refractivity contribution in [2.75, 3.05) is 5.32 Å². The van der Waals surface area contributed by atoms with Crippen LogP contribution in [0.4, 0.5) is 10.1 Å². The van der Waals surface area contributed by atoms with Crippen molar-refractivity contribution in [2.24, 2.45) is 5.73 Å². The fraction of sp³-hybridized carbons (Fsp3) is 0.188. The minimum Gasteiger partial charge on any atom is -0.322 e. The van der Waals surface area contributed by atoms with E-state index in [4.69, 9.17) is 5.73 Å². The molecule has 0 bridgehead atoms. The van der Waals surface area contributed by atoms with Gasteiger partial charge in [-0.3, -0.25) is 9.89 Å². The lowest BCUT2D eigenvalue weighted by Gasteiger charge is -2.20. The molecule has 0 saturated heterocycles. The number of halogens is 1. The highest BCUT2D eigenvalue weighted by Gasteiger charge is 2.20. The fourth-order valence-electron chi connectivity index (χ4n) is 2.33. The van der Waals surface area contributed by atoms with Crippen LogP contribution in [0.2, 0.25) is 0 Å². The van der Waals surface area contributed by atoms with E-state index < -0.39 is 17.3 Å². The third-order valence-electron chi connectivity index (χ3n) is 3.53. The Kier molecular flexibility index (Phi) is 3.57. The summed E-state index contributed by atoms with van der Waals surface area (Å²) < 4.78 is 14.2. The molecule has 6 nitrogen and oxygen atoms in total. The maximum atomic E-state index is 14.2. The van der Waals surface area contributed by atoms with Gasteiger partial charge in [-0.1, -0.05) is 6.07 Å². The van der Waals surface area contributed by atoms with Crippen LogP contribution in [0.1, 0.15) is 29.8 Å². The van der Waals surface area contributed by atoms with E-state index in [-0.39, 0.29) is 5.56 Å². The van der Waals surface area contributed by atoms with E-state index in [2.05, 4.69) is 20.5 Å². The van der Waals surface area contributed by atoms with Crippen molar-refractivity contribution in [2.45, 2.75) is 19.4 Å². The largest absolute Gasteiger partial charge is 0.322 e. The first-order valence-electron chi connectivity index (χ1n) is 7.04. The standard InChI is InChI=1S/C16H16FN5O/c1-16(2,18)11-4-3-9(7-12(11)17)15(23)21-13-5-6-19-14-10(13)8-20-22-14/h3-8H,18H2,1-2H3,(H2,19,20,21,22,23). The Morgan fingerprint density at radius 2 is 2.13 bits per heavy atom. The van der Waals surface area contributed by atoms with Crippen LogP contribution in [0.25, 0.3) is 11.0 Å². The number of nitrogens with zero attached hydrogens (tertiary/aromatic N) is 2. The molecule has 1 aromatic carbocycles. The van der Waals surface area contributed by atoms with Crippen LogP contribution in [0, 0.1) is 5.82 Å². The van der Waals surface area contributed by atoms with Crippen LogP contribution in [-0.2, 0) is 5.54 Å². The van der Waals surface area contributed by atoms with Crippen LogP contribution >= 0.6 is 0 Å². The monoisotopic (exact) mass is 313 g/mol. The summed E-state index contributed by atoms with van der Waals surface area (Å²) in [5, 5.41) is 10.0. The third kappa shape index (κ3) is 2.91. The van der Waals surface area contributed by atoms with Crippen molar-refractivity contribution >= 4 is 22.6 Å². The lowest BCUT2D eigenvalue weighted by molar-refractivity contribution is 0.102. The first-order chi connectivity index (χ1) is 10.9. The van der Waals surface area contributed by atoms with Crippen molar-refractivity contribution < 1.29 is 9.18 Å². The molecule has 23 heavy (non-hydrogen) atoms. The molecule has 0 unspecified atom stereocenters. The molecule has 118 valence electrons. The summed E-state index contributed by atoms with van der Waals surface area (Å²) in [5.41, 5.74) is 6.77. The van der Waals surface area contributed by atoms with E-state index >= 15 is 0 Å². The van der Waals surface area contributed by atoms with Gasteiger partial charge in [-0.05, 0) is 32.0 Å². The average Bonchev–Trinajstić information content (AvgIpc) is 2.95. The van der Waals surface area contributed by atoms with E-state index in [0.717, 1.165) is 0 Å². The summed E-state index contributed by atoms with van der Waals surface area (Å²) in [5.74, 6) is -0.924. The molecule has 3 aromatic rings. The summed E-state index contributed by atoms with van der Waals surface area (Å²) >= 11 is 0. The zero-order valence-electron chi connectivity index (χ0n) is 12.7. The first kappa shape index (κ1) is 15.1. The first-order valence-corrected chi connectivity index (χ1v) is 7.04. The number of carbonyl (C=O) groups excluding carboxylic acids is 1. The summed E-state index contributed by atoms with van der Waals surface area (Å²) in [6.45, 7) is 3.41.